The summed E-state index contributed by atoms with van der Waals surface area (Å²) in [6.07, 6.45) is 16.7. The zero-order valence-corrected chi connectivity index (χ0v) is 18.4. The van der Waals surface area contributed by atoms with Gasteiger partial charge in [0.1, 0.15) is 0 Å². The molecule has 1 aromatic heterocycles. The van der Waals surface area contributed by atoms with E-state index in [1.807, 2.05) is 10.9 Å². The summed E-state index contributed by atoms with van der Waals surface area (Å²) in [7, 11) is -3.40. The number of nitrogens with zero attached hydrogens (tertiary/aromatic N) is 3. The second-order valence-electron chi connectivity index (χ2n) is 10.1. The van der Waals surface area contributed by atoms with Gasteiger partial charge in [0.05, 0.1) is 24.8 Å². The Labute approximate surface area is 173 Å². The molecule has 1 aromatic rings. The first-order valence-electron chi connectivity index (χ1n) is 10.9. The Balaban J connectivity index is 1.40. The standard InChI is InChI=1S/C22H31N3O3S/c1-21-10-8-16(28-29(3,26)27)14-15(21)4-5-17-18-6-7-20(25-13-12-23-24-25)22(18,2)11-9-19(17)21/h4,7,12-13,16-19H,5-6,8-11,14H2,1-3H3/t16-,17?,18?,19?,21-,22-/m0/s1. The van der Waals surface area contributed by atoms with Crippen molar-refractivity contribution in [3.05, 3.63) is 30.1 Å². The molecule has 0 radical (unpaired) electrons. The lowest BCUT2D eigenvalue weighted by Crippen LogP contribution is -2.50. The molecule has 6 atom stereocenters. The summed E-state index contributed by atoms with van der Waals surface area (Å²) < 4.78 is 30.5. The summed E-state index contributed by atoms with van der Waals surface area (Å²) in [4.78, 5) is 0. The van der Waals surface area contributed by atoms with Gasteiger partial charge in [-0.2, -0.15) is 8.42 Å². The molecular formula is C22H31N3O3S. The maximum absolute atomic E-state index is 11.6. The summed E-state index contributed by atoms with van der Waals surface area (Å²) in [6, 6.07) is 0. The molecule has 0 spiro atoms. The molecular weight excluding hydrogens is 386 g/mol. The first kappa shape index (κ1) is 19.5. The second kappa shape index (κ2) is 6.51. The van der Waals surface area contributed by atoms with E-state index < -0.39 is 10.1 Å². The Bertz CT molecular complexity index is 967. The zero-order valence-electron chi connectivity index (χ0n) is 17.5. The van der Waals surface area contributed by atoms with Crippen molar-refractivity contribution in [3.63, 3.8) is 0 Å². The maximum atomic E-state index is 11.6. The van der Waals surface area contributed by atoms with Crippen molar-refractivity contribution in [1.29, 1.82) is 0 Å². The molecule has 6 nitrogen and oxygen atoms in total. The van der Waals surface area contributed by atoms with Crippen molar-refractivity contribution in [2.75, 3.05) is 6.26 Å². The highest BCUT2D eigenvalue weighted by Crippen LogP contribution is 2.65. The lowest BCUT2D eigenvalue weighted by Gasteiger charge is -2.57. The SMILES string of the molecule is C[C@]12CC[C@H](OS(C)(=O)=O)CC1=CCC1C2CC[C@]2(C)C(n3ccnn3)=CCC12. The van der Waals surface area contributed by atoms with E-state index in [2.05, 4.69) is 36.3 Å². The van der Waals surface area contributed by atoms with Crippen molar-refractivity contribution >= 4 is 15.8 Å². The van der Waals surface area contributed by atoms with Gasteiger partial charge in [-0.15, -0.1) is 5.10 Å². The molecule has 7 heteroatoms. The number of hydrogen-bond acceptors (Lipinski definition) is 5. The number of fused-ring (bicyclic) bond motifs is 5. The minimum absolute atomic E-state index is 0.160. The predicted octanol–water partition coefficient (Wildman–Crippen LogP) is 4.04. The largest absolute Gasteiger partial charge is 0.267 e. The highest BCUT2D eigenvalue weighted by atomic mass is 32.2. The lowest BCUT2D eigenvalue weighted by molar-refractivity contribution is -0.0219. The molecule has 2 fully saturated rings. The summed E-state index contributed by atoms with van der Waals surface area (Å²) in [5, 5.41) is 8.30. The van der Waals surface area contributed by atoms with E-state index in [9.17, 15) is 8.42 Å². The molecule has 29 heavy (non-hydrogen) atoms. The Morgan fingerprint density at radius 1 is 1.10 bits per heavy atom. The van der Waals surface area contributed by atoms with Gasteiger partial charge in [0.2, 0.25) is 0 Å². The van der Waals surface area contributed by atoms with E-state index in [1.54, 1.807) is 6.20 Å². The van der Waals surface area contributed by atoms with Gasteiger partial charge < -0.3 is 0 Å². The normalized spacial score (nSPS) is 41.8. The van der Waals surface area contributed by atoms with Gasteiger partial charge in [0.15, 0.2) is 0 Å². The van der Waals surface area contributed by atoms with Crippen LogP contribution in [-0.2, 0) is 14.3 Å². The van der Waals surface area contributed by atoms with Gasteiger partial charge in [-0.3, -0.25) is 4.18 Å². The van der Waals surface area contributed by atoms with Crippen molar-refractivity contribution in [3.8, 4) is 0 Å². The van der Waals surface area contributed by atoms with Gasteiger partial charge in [-0.25, -0.2) is 4.68 Å². The van der Waals surface area contributed by atoms with Crippen molar-refractivity contribution in [1.82, 2.24) is 15.0 Å². The smallest absolute Gasteiger partial charge is 0.264 e. The Morgan fingerprint density at radius 3 is 2.62 bits per heavy atom. The summed E-state index contributed by atoms with van der Waals surface area (Å²) in [5.74, 6) is 1.98. The first-order valence-corrected chi connectivity index (χ1v) is 12.7. The second-order valence-corrected chi connectivity index (χ2v) is 11.7. The van der Waals surface area contributed by atoms with Gasteiger partial charge in [0.25, 0.3) is 10.1 Å². The Kier molecular flexibility index (Phi) is 4.38. The molecule has 0 aromatic carbocycles. The quantitative estimate of drug-likeness (QED) is 0.548. The van der Waals surface area contributed by atoms with Crippen LogP contribution in [0.2, 0.25) is 0 Å². The molecule has 4 aliphatic carbocycles. The van der Waals surface area contributed by atoms with Crippen LogP contribution in [0, 0.1) is 28.6 Å². The Hall–Kier alpha value is -1.47. The third-order valence-electron chi connectivity index (χ3n) is 8.58. The average molecular weight is 418 g/mol. The highest BCUT2D eigenvalue weighted by molar-refractivity contribution is 7.86. The van der Waals surface area contributed by atoms with Crippen LogP contribution in [0.15, 0.2) is 30.1 Å². The average Bonchev–Trinajstić information content (AvgIpc) is 3.27. The third kappa shape index (κ3) is 3.03. The summed E-state index contributed by atoms with van der Waals surface area (Å²) in [5.41, 5.74) is 3.10. The van der Waals surface area contributed by atoms with Crippen LogP contribution in [0.3, 0.4) is 0 Å². The monoisotopic (exact) mass is 417 g/mol. The van der Waals surface area contributed by atoms with Crippen LogP contribution < -0.4 is 0 Å². The first-order chi connectivity index (χ1) is 13.7. The fourth-order valence-electron chi connectivity index (χ4n) is 7.19. The van der Waals surface area contributed by atoms with E-state index in [0.717, 1.165) is 38.4 Å². The molecule has 0 amide bonds. The van der Waals surface area contributed by atoms with Crippen LogP contribution in [0.5, 0.6) is 0 Å². The molecule has 0 aliphatic heterocycles. The van der Waals surface area contributed by atoms with Crippen molar-refractivity contribution in [2.45, 2.75) is 64.9 Å². The fraction of sp³-hybridized carbons (Fsp3) is 0.727. The lowest BCUT2D eigenvalue weighted by atomic mass is 9.48. The molecule has 0 N–H and O–H groups in total. The van der Waals surface area contributed by atoms with Crippen molar-refractivity contribution in [2.24, 2.45) is 28.6 Å². The number of rotatable bonds is 3. The molecule has 4 aliphatic rings. The van der Waals surface area contributed by atoms with E-state index in [1.165, 1.54) is 24.1 Å². The van der Waals surface area contributed by atoms with E-state index in [4.69, 9.17) is 4.18 Å². The zero-order chi connectivity index (χ0) is 20.4. The van der Waals surface area contributed by atoms with Gasteiger partial charge in [-0.1, -0.05) is 36.8 Å². The van der Waals surface area contributed by atoms with Crippen LogP contribution in [0.25, 0.3) is 5.70 Å². The molecule has 5 rings (SSSR count). The minimum Gasteiger partial charge on any atom is -0.267 e. The van der Waals surface area contributed by atoms with Crippen LogP contribution in [0.4, 0.5) is 0 Å². The summed E-state index contributed by atoms with van der Waals surface area (Å²) >= 11 is 0. The molecule has 158 valence electrons. The van der Waals surface area contributed by atoms with Crippen LogP contribution in [0.1, 0.15) is 58.8 Å². The topological polar surface area (TPSA) is 74.1 Å². The summed E-state index contributed by atoms with van der Waals surface area (Å²) in [6.45, 7) is 4.85. The predicted molar refractivity (Wildman–Crippen MR) is 111 cm³/mol. The number of aromatic nitrogens is 3. The van der Waals surface area contributed by atoms with E-state index in [0.29, 0.717) is 17.8 Å². The molecule has 0 saturated heterocycles. The molecule has 0 bridgehead atoms. The van der Waals surface area contributed by atoms with Crippen LogP contribution in [-0.4, -0.2) is 35.8 Å². The van der Waals surface area contributed by atoms with Gasteiger partial charge in [0, 0.05) is 11.1 Å². The molecule has 2 saturated carbocycles. The number of hydrogen-bond donors (Lipinski definition) is 0. The highest BCUT2D eigenvalue weighted by Gasteiger charge is 2.57. The number of allylic oxidation sites excluding steroid dienone is 3. The van der Waals surface area contributed by atoms with Gasteiger partial charge in [-0.05, 0) is 68.1 Å². The van der Waals surface area contributed by atoms with E-state index >= 15 is 0 Å². The van der Waals surface area contributed by atoms with E-state index in [-0.39, 0.29) is 16.9 Å². The van der Waals surface area contributed by atoms with Crippen molar-refractivity contribution < 1.29 is 12.6 Å². The van der Waals surface area contributed by atoms with Crippen LogP contribution >= 0.6 is 0 Å². The fourth-order valence-corrected chi connectivity index (χ4v) is 7.85. The minimum atomic E-state index is -3.40. The maximum Gasteiger partial charge on any atom is 0.264 e. The third-order valence-corrected chi connectivity index (χ3v) is 9.20. The molecule has 3 unspecified atom stereocenters. The van der Waals surface area contributed by atoms with Gasteiger partial charge >= 0.3 is 0 Å². The molecule has 1 heterocycles. The Morgan fingerprint density at radius 2 is 1.90 bits per heavy atom.